The fourth-order valence-electron chi connectivity index (χ4n) is 3.89. The molecular formula is C33H32ClN3O6. The van der Waals surface area contributed by atoms with Gasteiger partial charge in [-0.25, -0.2) is 5.43 Å². The van der Waals surface area contributed by atoms with Crippen LogP contribution in [0.5, 0.6) is 23.0 Å². The number of anilines is 1. The van der Waals surface area contributed by atoms with Crippen molar-refractivity contribution in [3.63, 3.8) is 0 Å². The maximum atomic E-state index is 12.8. The number of benzene rings is 4. The zero-order valence-electron chi connectivity index (χ0n) is 23.8. The van der Waals surface area contributed by atoms with Crippen LogP contribution in [0.1, 0.15) is 35.3 Å². The first-order valence-corrected chi connectivity index (χ1v) is 14.1. The van der Waals surface area contributed by atoms with Crippen LogP contribution in [0.25, 0.3) is 0 Å². The Morgan fingerprint density at radius 1 is 0.767 bits per heavy atom. The summed E-state index contributed by atoms with van der Waals surface area (Å²) in [4.78, 5) is 25.1. The number of para-hydroxylation sites is 1. The Hall–Kier alpha value is -5.02. The molecule has 0 aromatic heterocycles. The van der Waals surface area contributed by atoms with Gasteiger partial charge in [0.1, 0.15) is 6.61 Å². The Morgan fingerprint density at radius 2 is 1.44 bits per heavy atom. The molecule has 9 nitrogen and oxygen atoms in total. The molecule has 0 saturated heterocycles. The van der Waals surface area contributed by atoms with Gasteiger partial charge in [0.2, 0.25) is 0 Å². The standard InChI is InChI=1S/C33H32ClN3O6/c1-3-40-30-18-24(14-16-28(30)43-22-32(38)36-27-13-9-8-12-26(27)34)20-35-37-33(39)25-15-17-29(31(19-25)41-4-2)42-21-23-10-6-5-7-11-23/h5-20H,3-4,21-22H2,1-2H3,(H,36,38)(H,37,39)/b35-20+. The molecule has 0 atom stereocenters. The Labute approximate surface area is 255 Å². The predicted molar refractivity (Wildman–Crippen MR) is 167 cm³/mol. The summed E-state index contributed by atoms with van der Waals surface area (Å²) in [7, 11) is 0. The molecule has 0 aliphatic rings. The second kappa shape index (κ2) is 15.8. The van der Waals surface area contributed by atoms with Gasteiger partial charge in [-0.3, -0.25) is 9.59 Å². The van der Waals surface area contributed by atoms with E-state index < -0.39 is 5.91 Å². The number of carbonyl (C=O) groups is 2. The van der Waals surface area contributed by atoms with Gasteiger partial charge in [-0.1, -0.05) is 54.1 Å². The highest BCUT2D eigenvalue weighted by Crippen LogP contribution is 2.30. The summed E-state index contributed by atoms with van der Waals surface area (Å²) in [6, 6.07) is 26.8. The van der Waals surface area contributed by atoms with E-state index in [0.717, 1.165) is 5.56 Å². The van der Waals surface area contributed by atoms with Gasteiger partial charge in [0.25, 0.3) is 11.8 Å². The number of carbonyl (C=O) groups excluding carboxylic acids is 2. The van der Waals surface area contributed by atoms with Crippen molar-refractivity contribution in [1.29, 1.82) is 0 Å². The number of hydrazone groups is 1. The molecule has 222 valence electrons. The molecule has 0 saturated carbocycles. The minimum Gasteiger partial charge on any atom is -0.490 e. The average molecular weight is 602 g/mol. The number of nitrogens with one attached hydrogen (secondary N) is 2. The summed E-state index contributed by atoms with van der Waals surface area (Å²) in [5.41, 5.74) is 5.06. The summed E-state index contributed by atoms with van der Waals surface area (Å²) >= 11 is 6.10. The summed E-state index contributed by atoms with van der Waals surface area (Å²) in [6.45, 7) is 4.63. The first-order valence-electron chi connectivity index (χ1n) is 13.7. The van der Waals surface area contributed by atoms with Crippen molar-refractivity contribution in [2.75, 3.05) is 25.1 Å². The lowest BCUT2D eigenvalue weighted by Gasteiger charge is -2.13. The van der Waals surface area contributed by atoms with Gasteiger partial charge in [-0.05, 0) is 73.5 Å². The number of hydrogen-bond donors (Lipinski definition) is 2. The van der Waals surface area contributed by atoms with Gasteiger partial charge in [-0.15, -0.1) is 0 Å². The molecule has 4 rings (SSSR count). The van der Waals surface area contributed by atoms with Crippen molar-refractivity contribution in [1.82, 2.24) is 5.43 Å². The second-order valence-electron chi connectivity index (χ2n) is 9.02. The summed E-state index contributed by atoms with van der Waals surface area (Å²) in [6.07, 6.45) is 1.48. The number of rotatable bonds is 14. The number of hydrogen-bond acceptors (Lipinski definition) is 7. The first kappa shape index (κ1) is 30.9. The second-order valence-corrected chi connectivity index (χ2v) is 9.43. The van der Waals surface area contributed by atoms with Crippen molar-refractivity contribution in [3.8, 4) is 23.0 Å². The van der Waals surface area contributed by atoms with Crippen LogP contribution < -0.4 is 29.7 Å². The van der Waals surface area contributed by atoms with Gasteiger partial charge in [-0.2, -0.15) is 5.10 Å². The Morgan fingerprint density at radius 3 is 2.19 bits per heavy atom. The normalized spacial score (nSPS) is 10.7. The summed E-state index contributed by atoms with van der Waals surface area (Å²) < 4.78 is 23.0. The lowest BCUT2D eigenvalue weighted by atomic mass is 10.2. The lowest BCUT2D eigenvalue weighted by Crippen LogP contribution is -2.20. The zero-order valence-corrected chi connectivity index (χ0v) is 24.6. The van der Waals surface area contributed by atoms with E-state index in [4.69, 9.17) is 30.5 Å². The van der Waals surface area contributed by atoms with Crippen LogP contribution in [0, 0.1) is 0 Å². The minimum absolute atomic E-state index is 0.241. The highest BCUT2D eigenvalue weighted by molar-refractivity contribution is 6.33. The third-order valence-electron chi connectivity index (χ3n) is 5.90. The third kappa shape index (κ3) is 9.24. The van der Waals surface area contributed by atoms with Crippen molar-refractivity contribution < 1.29 is 28.5 Å². The molecule has 0 aliphatic carbocycles. The molecule has 0 radical (unpaired) electrons. The van der Waals surface area contributed by atoms with Crippen LogP contribution in [0.2, 0.25) is 5.02 Å². The summed E-state index contributed by atoms with van der Waals surface area (Å²) in [5.74, 6) is 1.03. The Balaban J connectivity index is 1.35. The van der Waals surface area contributed by atoms with E-state index in [9.17, 15) is 9.59 Å². The van der Waals surface area contributed by atoms with Crippen LogP contribution >= 0.6 is 11.6 Å². The molecule has 0 unspecified atom stereocenters. The molecule has 0 fully saturated rings. The molecule has 0 aliphatic heterocycles. The van der Waals surface area contributed by atoms with Gasteiger partial charge in [0, 0.05) is 5.56 Å². The van der Waals surface area contributed by atoms with Crippen molar-refractivity contribution in [2.24, 2.45) is 5.10 Å². The Bertz CT molecular complexity index is 1560. The molecule has 4 aromatic carbocycles. The fraction of sp³-hybridized carbons (Fsp3) is 0.182. The number of ether oxygens (including phenoxy) is 4. The zero-order chi connectivity index (χ0) is 30.4. The van der Waals surface area contributed by atoms with Gasteiger partial charge in [0.15, 0.2) is 29.6 Å². The molecular weight excluding hydrogens is 570 g/mol. The quantitative estimate of drug-likeness (QED) is 0.126. The molecule has 0 spiro atoms. The highest BCUT2D eigenvalue weighted by atomic mass is 35.5. The SMILES string of the molecule is CCOc1cc(/C=N/NC(=O)c2ccc(OCc3ccccc3)c(OCC)c2)ccc1OCC(=O)Nc1ccccc1Cl. The van der Waals surface area contributed by atoms with Crippen LogP contribution in [0.4, 0.5) is 5.69 Å². The molecule has 10 heteroatoms. The van der Waals surface area contributed by atoms with Gasteiger partial charge < -0.3 is 24.3 Å². The van der Waals surface area contributed by atoms with E-state index in [0.29, 0.717) is 64.7 Å². The van der Waals surface area contributed by atoms with Crippen molar-refractivity contribution in [2.45, 2.75) is 20.5 Å². The minimum atomic E-state index is -0.415. The predicted octanol–water partition coefficient (Wildman–Crippen LogP) is 6.50. The summed E-state index contributed by atoms with van der Waals surface area (Å²) in [5, 5.41) is 7.22. The van der Waals surface area contributed by atoms with E-state index in [1.54, 1.807) is 60.7 Å². The topological polar surface area (TPSA) is 107 Å². The molecule has 2 amide bonds. The molecule has 2 N–H and O–H groups in total. The molecule has 43 heavy (non-hydrogen) atoms. The van der Waals surface area contributed by atoms with Gasteiger partial charge in [0.05, 0.1) is 30.1 Å². The first-order chi connectivity index (χ1) is 21.0. The lowest BCUT2D eigenvalue weighted by molar-refractivity contribution is -0.118. The third-order valence-corrected chi connectivity index (χ3v) is 6.23. The number of amides is 2. The maximum absolute atomic E-state index is 12.8. The van der Waals surface area contributed by atoms with E-state index >= 15 is 0 Å². The van der Waals surface area contributed by atoms with E-state index in [1.165, 1.54) is 6.21 Å². The smallest absolute Gasteiger partial charge is 0.271 e. The van der Waals surface area contributed by atoms with E-state index in [1.807, 2.05) is 44.2 Å². The largest absolute Gasteiger partial charge is 0.490 e. The molecule has 0 bridgehead atoms. The molecule has 0 heterocycles. The van der Waals surface area contributed by atoms with E-state index in [2.05, 4.69) is 15.8 Å². The van der Waals surface area contributed by atoms with Gasteiger partial charge >= 0.3 is 0 Å². The van der Waals surface area contributed by atoms with Crippen molar-refractivity contribution >= 4 is 35.3 Å². The average Bonchev–Trinajstić information content (AvgIpc) is 3.02. The van der Waals surface area contributed by atoms with Crippen LogP contribution in [-0.2, 0) is 11.4 Å². The van der Waals surface area contributed by atoms with E-state index in [-0.39, 0.29) is 12.5 Å². The van der Waals surface area contributed by atoms with Crippen LogP contribution in [0.3, 0.4) is 0 Å². The van der Waals surface area contributed by atoms with Crippen LogP contribution in [-0.4, -0.2) is 37.8 Å². The monoisotopic (exact) mass is 601 g/mol. The van der Waals surface area contributed by atoms with Crippen LogP contribution in [0.15, 0.2) is 96.1 Å². The molecule has 4 aromatic rings. The highest BCUT2D eigenvalue weighted by Gasteiger charge is 2.13. The fourth-order valence-corrected chi connectivity index (χ4v) is 4.07. The number of halogens is 1. The number of nitrogens with zero attached hydrogens (tertiary/aromatic N) is 1. The van der Waals surface area contributed by atoms with Crippen molar-refractivity contribution in [3.05, 3.63) is 113 Å². The maximum Gasteiger partial charge on any atom is 0.271 e. The Kier molecular flexibility index (Phi) is 11.4.